The molecule has 1 unspecified atom stereocenters. The second-order valence-electron chi connectivity index (χ2n) is 7.87. The molecule has 0 radical (unpaired) electrons. The SMILES string of the molecule is C=CCC1(N2C=CCN=C2)CC=C(C)C(c2ccccc2)=C1c1ccc(C)cc1. The molecule has 1 atom stereocenters. The fraction of sp³-hybridized carbons (Fsp3) is 0.222. The smallest absolute Gasteiger partial charge is 0.0901 e. The van der Waals surface area contributed by atoms with Crippen molar-refractivity contribution in [3.05, 3.63) is 108 Å². The molecule has 0 N–H and O–H groups in total. The zero-order valence-electron chi connectivity index (χ0n) is 17.3. The molecule has 2 aromatic carbocycles. The Bertz CT molecular complexity index is 994. The molecule has 2 aliphatic rings. The van der Waals surface area contributed by atoms with Crippen LogP contribution in [-0.2, 0) is 0 Å². The number of benzene rings is 2. The van der Waals surface area contributed by atoms with Crippen molar-refractivity contribution in [3.63, 3.8) is 0 Å². The van der Waals surface area contributed by atoms with Crippen molar-refractivity contribution in [2.45, 2.75) is 32.2 Å². The molecule has 4 rings (SSSR count). The van der Waals surface area contributed by atoms with Crippen LogP contribution >= 0.6 is 0 Å². The molecule has 0 spiro atoms. The maximum absolute atomic E-state index is 4.56. The molecule has 2 heteroatoms. The number of aryl methyl sites for hydroxylation is 1. The molecule has 2 aromatic rings. The molecule has 146 valence electrons. The fourth-order valence-corrected chi connectivity index (χ4v) is 4.48. The van der Waals surface area contributed by atoms with E-state index < -0.39 is 0 Å². The highest BCUT2D eigenvalue weighted by atomic mass is 15.2. The van der Waals surface area contributed by atoms with Crippen molar-refractivity contribution in [3.8, 4) is 0 Å². The van der Waals surface area contributed by atoms with E-state index in [1.165, 1.54) is 33.4 Å². The first-order valence-corrected chi connectivity index (χ1v) is 10.3. The van der Waals surface area contributed by atoms with E-state index >= 15 is 0 Å². The summed E-state index contributed by atoms with van der Waals surface area (Å²) in [7, 11) is 0. The standard InChI is InChI=1S/C27H28N2/c1-4-16-27(29-19-8-18-28-20-29)17-15-22(3)25(23-9-6-5-7-10-23)26(27)24-13-11-21(2)12-14-24/h4-15,19-20H,1,16-18H2,2-3H3. The largest absolute Gasteiger partial charge is 0.329 e. The number of nitrogens with zero attached hydrogens (tertiary/aromatic N) is 2. The zero-order valence-corrected chi connectivity index (χ0v) is 17.3. The highest BCUT2D eigenvalue weighted by Crippen LogP contribution is 2.49. The van der Waals surface area contributed by atoms with Crippen molar-refractivity contribution in [1.29, 1.82) is 0 Å². The van der Waals surface area contributed by atoms with Crippen molar-refractivity contribution in [2.24, 2.45) is 4.99 Å². The second-order valence-corrected chi connectivity index (χ2v) is 7.87. The Labute approximate surface area is 174 Å². The first kappa shape index (κ1) is 19.2. The minimum atomic E-state index is -0.248. The highest BCUT2D eigenvalue weighted by molar-refractivity contribution is 6.03. The van der Waals surface area contributed by atoms with Gasteiger partial charge in [0.1, 0.15) is 0 Å². The van der Waals surface area contributed by atoms with Crippen LogP contribution in [0.4, 0.5) is 0 Å². The Morgan fingerprint density at radius 1 is 1.03 bits per heavy atom. The Hall–Kier alpha value is -3.13. The van der Waals surface area contributed by atoms with Gasteiger partial charge in [0, 0.05) is 6.20 Å². The quantitative estimate of drug-likeness (QED) is 0.546. The summed E-state index contributed by atoms with van der Waals surface area (Å²) < 4.78 is 0. The summed E-state index contributed by atoms with van der Waals surface area (Å²) in [5, 5.41) is 0. The number of aliphatic imine (C=N–C) groups is 1. The van der Waals surface area contributed by atoms with Crippen LogP contribution in [0.5, 0.6) is 0 Å². The lowest BCUT2D eigenvalue weighted by atomic mass is 9.70. The van der Waals surface area contributed by atoms with E-state index in [4.69, 9.17) is 0 Å². The molecule has 0 bridgehead atoms. The third-order valence-electron chi connectivity index (χ3n) is 5.92. The van der Waals surface area contributed by atoms with Gasteiger partial charge in [-0.05, 0) is 60.6 Å². The summed E-state index contributed by atoms with van der Waals surface area (Å²) in [5.41, 5.74) is 7.52. The van der Waals surface area contributed by atoms with Crippen molar-refractivity contribution >= 4 is 17.5 Å². The summed E-state index contributed by atoms with van der Waals surface area (Å²) in [6, 6.07) is 19.7. The van der Waals surface area contributed by atoms with E-state index in [-0.39, 0.29) is 5.54 Å². The van der Waals surface area contributed by atoms with Gasteiger partial charge in [0.15, 0.2) is 0 Å². The number of allylic oxidation sites excluding steroid dienone is 2. The lowest BCUT2D eigenvalue weighted by Crippen LogP contribution is -2.47. The normalized spacial score (nSPS) is 21.3. The van der Waals surface area contributed by atoms with Gasteiger partial charge in [-0.25, -0.2) is 0 Å². The number of hydrogen-bond acceptors (Lipinski definition) is 2. The van der Waals surface area contributed by atoms with Crippen LogP contribution in [0.2, 0.25) is 0 Å². The van der Waals surface area contributed by atoms with Crippen molar-refractivity contribution in [1.82, 2.24) is 4.90 Å². The van der Waals surface area contributed by atoms with Crippen LogP contribution in [0.1, 0.15) is 36.5 Å². The van der Waals surface area contributed by atoms with E-state index in [2.05, 4.69) is 103 Å². The van der Waals surface area contributed by atoms with Crippen LogP contribution < -0.4 is 0 Å². The minimum absolute atomic E-state index is 0.248. The van der Waals surface area contributed by atoms with Gasteiger partial charge in [0.25, 0.3) is 0 Å². The van der Waals surface area contributed by atoms with E-state index in [0.29, 0.717) is 0 Å². The first-order chi connectivity index (χ1) is 14.2. The predicted octanol–water partition coefficient (Wildman–Crippen LogP) is 6.43. The number of hydrogen-bond donors (Lipinski definition) is 0. The lowest BCUT2D eigenvalue weighted by Gasteiger charge is -2.46. The van der Waals surface area contributed by atoms with Gasteiger partial charge in [0.05, 0.1) is 18.4 Å². The Balaban J connectivity index is 2.04. The highest BCUT2D eigenvalue weighted by Gasteiger charge is 2.42. The molecule has 0 fully saturated rings. The molecule has 1 aliphatic heterocycles. The Kier molecular flexibility index (Phi) is 5.35. The third kappa shape index (κ3) is 3.51. The van der Waals surface area contributed by atoms with Gasteiger partial charge in [-0.3, -0.25) is 4.99 Å². The molecule has 29 heavy (non-hydrogen) atoms. The van der Waals surface area contributed by atoms with Gasteiger partial charge in [-0.2, -0.15) is 0 Å². The average Bonchev–Trinajstić information content (AvgIpc) is 2.77. The molecule has 2 nitrogen and oxygen atoms in total. The molecular formula is C27H28N2. The Morgan fingerprint density at radius 3 is 2.45 bits per heavy atom. The van der Waals surface area contributed by atoms with Gasteiger partial charge in [-0.1, -0.05) is 72.3 Å². The molecule has 0 amide bonds. The summed E-state index contributed by atoms with van der Waals surface area (Å²) in [4.78, 5) is 6.85. The first-order valence-electron chi connectivity index (χ1n) is 10.3. The van der Waals surface area contributed by atoms with Crippen molar-refractivity contribution < 1.29 is 0 Å². The summed E-state index contributed by atoms with van der Waals surface area (Å²) in [6.07, 6.45) is 12.5. The molecule has 0 saturated carbocycles. The maximum atomic E-state index is 4.56. The van der Waals surface area contributed by atoms with Crippen LogP contribution in [-0.4, -0.2) is 23.3 Å². The Morgan fingerprint density at radius 2 is 1.79 bits per heavy atom. The average molecular weight is 381 g/mol. The van der Waals surface area contributed by atoms with Crippen LogP contribution in [0.15, 0.2) is 96.2 Å². The van der Waals surface area contributed by atoms with Crippen molar-refractivity contribution in [2.75, 3.05) is 6.54 Å². The molecule has 1 heterocycles. The topological polar surface area (TPSA) is 15.6 Å². The monoisotopic (exact) mass is 380 g/mol. The van der Waals surface area contributed by atoms with E-state index in [9.17, 15) is 0 Å². The summed E-state index contributed by atoms with van der Waals surface area (Å²) >= 11 is 0. The van der Waals surface area contributed by atoms with Crippen LogP contribution in [0.3, 0.4) is 0 Å². The zero-order chi connectivity index (χ0) is 20.3. The maximum Gasteiger partial charge on any atom is 0.0901 e. The lowest BCUT2D eigenvalue weighted by molar-refractivity contribution is 0.316. The predicted molar refractivity (Wildman–Crippen MR) is 125 cm³/mol. The van der Waals surface area contributed by atoms with E-state index in [1.807, 2.05) is 12.4 Å². The van der Waals surface area contributed by atoms with Crippen LogP contribution in [0, 0.1) is 6.92 Å². The van der Waals surface area contributed by atoms with E-state index in [1.54, 1.807) is 0 Å². The number of rotatable bonds is 5. The second kappa shape index (κ2) is 8.08. The van der Waals surface area contributed by atoms with Gasteiger partial charge in [0.2, 0.25) is 0 Å². The molecule has 0 saturated heterocycles. The van der Waals surface area contributed by atoms with Gasteiger partial charge >= 0.3 is 0 Å². The summed E-state index contributed by atoms with van der Waals surface area (Å²) in [6.45, 7) is 9.22. The van der Waals surface area contributed by atoms with E-state index in [0.717, 1.165) is 19.4 Å². The van der Waals surface area contributed by atoms with Crippen LogP contribution in [0.25, 0.3) is 11.1 Å². The molecule has 1 aliphatic carbocycles. The summed E-state index contributed by atoms with van der Waals surface area (Å²) in [5.74, 6) is 0. The minimum Gasteiger partial charge on any atom is -0.329 e. The molecular weight excluding hydrogens is 352 g/mol. The van der Waals surface area contributed by atoms with Gasteiger partial charge < -0.3 is 4.90 Å². The van der Waals surface area contributed by atoms with Gasteiger partial charge in [-0.15, -0.1) is 6.58 Å². The fourth-order valence-electron chi connectivity index (χ4n) is 4.48. The third-order valence-corrected chi connectivity index (χ3v) is 5.92. The molecule has 0 aromatic heterocycles.